The Hall–Kier alpha value is -2.59. The first-order valence-electron chi connectivity index (χ1n) is 9.28. The number of aryl methyl sites for hydroxylation is 1. The molecule has 0 aliphatic carbocycles. The normalized spacial score (nSPS) is 15.3. The number of hydrogen-bond acceptors (Lipinski definition) is 4. The number of methoxy groups -OCH3 is 1. The van der Waals surface area contributed by atoms with Gasteiger partial charge >= 0.3 is 0 Å². The van der Waals surface area contributed by atoms with E-state index in [9.17, 15) is 26.4 Å². The van der Waals surface area contributed by atoms with Crippen molar-refractivity contribution in [3.05, 3.63) is 59.4 Å². The Bertz CT molecular complexity index is 1040. The summed E-state index contributed by atoms with van der Waals surface area (Å²) >= 11 is 0. The first kappa shape index (κ1) is 22.1. The number of nitrogens with zero attached hydrogens (tertiary/aromatic N) is 2. The van der Waals surface area contributed by atoms with Crippen LogP contribution in [0.1, 0.15) is 12.0 Å². The van der Waals surface area contributed by atoms with Gasteiger partial charge < -0.3 is 9.64 Å². The number of hydrogen-bond donors (Lipinski definition) is 0. The third-order valence-electron chi connectivity index (χ3n) is 4.95. The summed E-state index contributed by atoms with van der Waals surface area (Å²) in [4.78, 5) is 13.4. The van der Waals surface area contributed by atoms with Gasteiger partial charge in [0.2, 0.25) is 15.9 Å². The molecule has 0 bridgehead atoms. The van der Waals surface area contributed by atoms with Crippen molar-refractivity contribution in [2.75, 3.05) is 33.3 Å². The maximum atomic E-state index is 13.9. The van der Waals surface area contributed by atoms with Crippen LogP contribution < -0.4 is 4.74 Å². The lowest BCUT2D eigenvalue weighted by Gasteiger charge is -2.34. The molecule has 0 unspecified atom stereocenters. The summed E-state index contributed by atoms with van der Waals surface area (Å²) < 4.78 is 71.8. The molecule has 1 heterocycles. The van der Waals surface area contributed by atoms with Gasteiger partial charge in [-0.25, -0.2) is 21.6 Å². The van der Waals surface area contributed by atoms with Crippen LogP contribution in [0.15, 0.2) is 41.3 Å². The van der Waals surface area contributed by atoms with E-state index in [0.29, 0.717) is 18.1 Å². The summed E-state index contributed by atoms with van der Waals surface area (Å²) in [5.74, 6) is -2.58. The molecule has 1 aliphatic rings. The molecule has 0 radical (unpaired) electrons. The van der Waals surface area contributed by atoms with E-state index in [1.165, 1.54) is 24.1 Å². The second-order valence-electron chi connectivity index (χ2n) is 6.83. The fourth-order valence-corrected chi connectivity index (χ4v) is 4.74. The van der Waals surface area contributed by atoms with Crippen LogP contribution in [0, 0.1) is 17.5 Å². The lowest BCUT2D eigenvalue weighted by atomic mass is 10.1. The molecule has 0 aromatic heterocycles. The number of benzene rings is 2. The monoisotopic (exact) mass is 442 g/mol. The summed E-state index contributed by atoms with van der Waals surface area (Å²) in [5.41, 5.74) is 0.648. The Labute approximate surface area is 172 Å². The van der Waals surface area contributed by atoms with E-state index in [1.807, 2.05) is 0 Å². The van der Waals surface area contributed by atoms with Crippen LogP contribution in [0.5, 0.6) is 5.75 Å². The van der Waals surface area contributed by atoms with E-state index in [-0.39, 0.29) is 44.3 Å². The summed E-state index contributed by atoms with van der Waals surface area (Å²) in [6, 6.07) is 6.79. The van der Waals surface area contributed by atoms with Crippen LogP contribution in [0.3, 0.4) is 0 Å². The summed E-state index contributed by atoms with van der Waals surface area (Å²) in [5, 5.41) is 0. The number of carbonyl (C=O) groups is 1. The van der Waals surface area contributed by atoms with Gasteiger partial charge in [0.1, 0.15) is 16.5 Å². The zero-order valence-electron chi connectivity index (χ0n) is 16.3. The van der Waals surface area contributed by atoms with E-state index in [1.54, 1.807) is 6.07 Å². The van der Waals surface area contributed by atoms with Gasteiger partial charge in [0.25, 0.3) is 0 Å². The highest BCUT2D eigenvalue weighted by molar-refractivity contribution is 7.89. The quantitative estimate of drug-likeness (QED) is 0.690. The molecular formula is C20H21F3N2O4S. The van der Waals surface area contributed by atoms with Crippen molar-refractivity contribution in [2.45, 2.75) is 17.7 Å². The van der Waals surface area contributed by atoms with Crippen LogP contribution in [-0.2, 0) is 21.2 Å². The number of halogens is 3. The van der Waals surface area contributed by atoms with E-state index in [0.717, 1.165) is 16.4 Å². The van der Waals surface area contributed by atoms with Crippen molar-refractivity contribution in [3.8, 4) is 5.75 Å². The van der Waals surface area contributed by atoms with Gasteiger partial charge in [-0.1, -0.05) is 6.07 Å². The van der Waals surface area contributed by atoms with Crippen LogP contribution in [0.2, 0.25) is 0 Å². The number of carbonyl (C=O) groups excluding carboxylic acids is 1. The van der Waals surface area contributed by atoms with Crippen LogP contribution in [-0.4, -0.2) is 56.8 Å². The lowest BCUT2D eigenvalue weighted by Crippen LogP contribution is -2.50. The Morgan fingerprint density at radius 3 is 2.30 bits per heavy atom. The third kappa shape index (κ3) is 4.76. The van der Waals surface area contributed by atoms with Crippen molar-refractivity contribution in [1.82, 2.24) is 9.21 Å². The smallest absolute Gasteiger partial charge is 0.246 e. The van der Waals surface area contributed by atoms with E-state index in [2.05, 4.69) is 0 Å². The maximum absolute atomic E-state index is 13.9. The zero-order chi connectivity index (χ0) is 21.9. The standard InChI is InChI=1S/C20H21F3N2O4S/c1-29-18-5-2-14(12-16(18)22)3-7-20(26)24-8-10-25(11-9-24)30(27,28)19-6-4-15(21)13-17(19)23/h2,4-6,12-13H,3,7-11H2,1H3. The molecule has 1 amide bonds. The maximum Gasteiger partial charge on any atom is 0.246 e. The first-order chi connectivity index (χ1) is 14.2. The number of sulfonamides is 1. The second-order valence-corrected chi connectivity index (χ2v) is 8.73. The molecule has 1 fully saturated rings. The highest BCUT2D eigenvalue weighted by Gasteiger charge is 2.32. The third-order valence-corrected chi connectivity index (χ3v) is 6.88. The Kier molecular flexibility index (Phi) is 6.67. The van der Waals surface area contributed by atoms with Crippen molar-refractivity contribution < 1.29 is 31.1 Å². The average Bonchev–Trinajstić information content (AvgIpc) is 2.72. The predicted octanol–water partition coefficient (Wildman–Crippen LogP) is 2.58. The van der Waals surface area contributed by atoms with Crippen LogP contribution >= 0.6 is 0 Å². The average molecular weight is 442 g/mol. The topological polar surface area (TPSA) is 66.9 Å². The molecular weight excluding hydrogens is 421 g/mol. The van der Waals surface area contributed by atoms with Gasteiger partial charge in [0, 0.05) is 38.7 Å². The minimum atomic E-state index is -4.13. The van der Waals surface area contributed by atoms with Crippen molar-refractivity contribution in [2.24, 2.45) is 0 Å². The highest BCUT2D eigenvalue weighted by atomic mass is 32.2. The van der Waals surface area contributed by atoms with Gasteiger partial charge in [0.05, 0.1) is 7.11 Å². The molecule has 2 aromatic rings. The van der Waals surface area contributed by atoms with Gasteiger partial charge in [-0.2, -0.15) is 4.31 Å². The molecule has 162 valence electrons. The highest BCUT2D eigenvalue weighted by Crippen LogP contribution is 2.22. The van der Waals surface area contributed by atoms with Gasteiger partial charge in [-0.3, -0.25) is 4.79 Å². The molecule has 0 spiro atoms. The number of piperazine rings is 1. The molecule has 0 atom stereocenters. The predicted molar refractivity (Wildman–Crippen MR) is 103 cm³/mol. The number of amides is 1. The Balaban J connectivity index is 1.57. The summed E-state index contributed by atoms with van der Waals surface area (Å²) in [7, 11) is -2.76. The fourth-order valence-electron chi connectivity index (χ4n) is 3.28. The van der Waals surface area contributed by atoms with Gasteiger partial charge in [-0.15, -0.1) is 0 Å². The largest absolute Gasteiger partial charge is 0.494 e. The van der Waals surface area contributed by atoms with E-state index >= 15 is 0 Å². The van der Waals surface area contributed by atoms with Crippen LogP contribution in [0.25, 0.3) is 0 Å². The summed E-state index contributed by atoms with van der Waals surface area (Å²) in [6.07, 6.45) is 0.476. The number of rotatable bonds is 6. The van der Waals surface area contributed by atoms with E-state index in [4.69, 9.17) is 4.74 Å². The second kappa shape index (κ2) is 9.05. The molecule has 2 aromatic carbocycles. The SMILES string of the molecule is COc1ccc(CCC(=O)N2CCN(S(=O)(=O)c3ccc(F)cc3F)CC2)cc1F. The van der Waals surface area contributed by atoms with Crippen molar-refractivity contribution in [1.29, 1.82) is 0 Å². The molecule has 6 nitrogen and oxygen atoms in total. The molecule has 0 saturated carbocycles. The first-order valence-corrected chi connectivity index (χ1v) is 10.7. The fraction of sp³-hybridized carbons (Fsp3) is 0.350. The van der Waals surface area contributed by atoms with Crippen molar-refractivity contribution in [3.63, 3.8) is 0 Å². The van der Waals surface area contributed by atoms with Crippen molar-refractivity contribution >= 4 is 15.9 Å². The summed E-state index contributed by atoms with van der Waals surface area (Å²) in [6.45, 7) is 0.305. The van der Waals surface area contributed by atoms with E-state index < -0.39 is 32.4 Å². The Morgan fingerprint density at radius 1 is 1.00 bits per heavy atom. The molecule has 3 rings (SSSR count). The molecule has 1 aliphatic heterocycles. The zero-order valence-corrected chi connectivity index (χ0v) is 17.1. The van der Waals surface area contributed by atoms with Crippen LogP contribution in [0.4, 0.5) is 13.2 Å². The molecule has 30 heavy (non-hydrogen) atoms. The molecule has 10 heteroatoms. The van der Waals surface area contributed by atoms with Gasteiger partial charge in [0.15, 0.2) is 11.6 Å². The number of ether oxygens (including phenoxy) is 1. The minimum absolute atomic E-state index is 0.00204. The lowest BCUT2D eigenvalue weighted by molar-refractivity contribution is -0.132. The van der Waals surface area contributed by atoms with Gasteiger partial charge in [-0.05, 0) is 36.2 Å². The molecule has 1 saturated heterocycles. The Morgan fingerprint density at radius 2 is 1.70 bits per heavy atom. The molecule has 0 N–H and O–H groups in total. The minimum Gasteiger partial charge on any atom is -0.494 e.